The fourth-order valence-electron chi connectivity index (χ4n) is 3.70. The molecule has 21 heavy (non-hydrogen) atoms. The molecule has 0 aromatic rings. The van der Waals surface area contributed by atoms with Crippen molar-refractivity contribution in [2.45, 2.75) is 69.6 Å². The molecule has 0 bridgehead atoms. The Labute approximate surface area is 127 Å². The van der Waals surface area contributed by atoms with Crippen molar-refractivity contribution in [3.8, 4) is 0 Å². The van der Waals surface area contributed by atoms with Gasteiger partial charge in [-0.05, 0) is 25.7 Å². The molecule has 1 spiro atoms. The largest absolute Gasteiger partial charge is 0.348 e. The van der Waals surface area contributed by atoms with E-state index in [1.165, 1.54) is 19.3 Å². The quantitative estimate of drug-likeness (QED) is 0.809. The predicted octanol–water partition coefficient (Wildman–Crippen LogP) is 2.65. The van der Waals surface area contributed by atoms with E-state index in [0.29, 0.717) is 13.2 Å². The smallest absolute Gasteiger partial charge is 0.317 e. The number of carbonyl (C=O) groups excluding carboxylic acids is 1. The van der Waals surface area contributed by atoms with E-state index in [9.17, 15) is 4.79 Å². The van der Waals surface area contributed by atoms with Gasteiger partial charge in [0.15, 0.2) is 5.79 Å². The van der Waals surface area contributed by atoms with Crippen LogP contribution in [0.15, 0.2) is 0 Å². The number of nitrogens with zero attached hydrogens (tertiary/aromatic N) is 1. The van der Waals surface area contributed by atoms with Gasteiger partial charge in [0, 0.05) is 32.0 Å². The van der Waals surface area contributed by atoms with Crippen LogP contribution >= 0.6 is 0 Å². The third-order valence-electron chi connectivity index (χ3n) is 5.03. The van der Waals surface area contributed by atoms with E-state index in [2.05, 4.69) is 5.32 Å². The van der Waals surface area contributed by atoms with Gasteiger partial charge in [-0.2, -0.15) is 0 Å². The Morgan fingerprint density at radius 2 is 1.52 bits per heavy atom. The molecular formula is C16H28N2O3. The van der Waals surface area contributed by atoms with E-state index in [1.807, 2.05) is 4.90 Å². The fourth-order valence-corrected chi connectivity index (χ4v) is 3.70. The average molecular weight is 296 g/mol. The maximum Gasteiger partial charge on any atom is 0.317 e. The van der Waals surface area contributed by atoms with Gasteiger partial charge in [-0.25, -0.2) is 4.79 Å². The summed E-state index contributed by atoms with van der Waals surface area (Å²) in [6.45, 7) is 3.25. The lowest BCUT2D eigenvalue weighted by atomic mass is 9.90. The van der Waals surface area contributed by atoms with Gasteiger partial charge < -0.3 is 19.7 Å². The summed E-state index contributed by atoms with van der Waals surface area (Å²) in [6.07, 6.45) is 9.83. The molecule has 3 rings (SSSR count). The first-order chi connectivity index (χ1) is 10.3. The number of rotatable bonds is 1. The monoisotopic (exact) mass is 296 g/mol. The second-order valence-corrected chi connectivity index (χ2v) is 6.59. The Morgan fingerprint density at radius 1 is 0.952 bits per heavy atom. The molecule has 5 heteroatoms. The van der Waals surface area contributed by atoms with Crippen LogP contribution < -0.4 is 5.32 Å². The van der Waals surface area contributed by atoms with Crippen LogP contribution in [0, 0.1) is 0 Å². The van der Waals surface area contributed by atoms with Crippen molar-refractivity contribution in [2.24, 2.45) is 0 Å². The molecule has 1 saturated carbocycles. The van der Waals surface area contributed by atoms with Crippen LogP contribution in [0.5, 0.6) is 0 Å². The molecule has 2 aliphatic heterocycles. The molecule has 1 aliphatic carbocycles. The molecule has 3 fully saturated rings. The highest BCUT2D eigenvalue weighted by Crippen LogP contribution is 2.35. The van der Waals surface area contributed by atoms with Crippen LogP contribution in [0.25, 0.3) is 0 Å². The summed E-state index contributed by atoms with van der Waals surface area (Å²) < 4.78 is 11.5. The summed E-state index contributed by atoms with van der Waals surface area (Å²) in [6, 6.07) is 0.410. The molecule has 3 aliphatic rings. The molecule has 2 amide bonds. The molecule has 0 aromatic heterocycles. The lowest BCUT2D eigenvalue weighted by Gasteiger charge is -2.36. The first kappa shape index (κ1) is 15.1. The van der Waals surface area contributed by atoms with Gasteiger partial charge in [-0.3, -0.25) is 0 Å². The Kier molecular flexibility index (Phi) is 5.01. The van der Waals surface area contributed by atoms with Gasteiger partial charge in [-0.15, -0.1) is 0 Å². The van der Waals surface area contributed by atoms with E-state index in [0.717, 1.165) is 51.6 Å². The highest BCUT2D eigenvalue weighted by Gasteiger charge is 2.40. The van der Waals surface area contributed by atoms with Crippen LogP contribution in [0.2, 0.25) is 0 Å². The van der Waals surface area contributed by atoms with Crippen molar-refractivity contribution >= 4 is 6.03 Å². The summed E-state index contributed by atoms with van der Waals surface area (Å²) in [4.78, 5) is 14.4. The average Bonchev–Trinajstić information content (AvgIpc) is 2.90. The Hall–Kier alpha value is -0.810. The van der Waals surface area contributed by atoms with Crippen LogP contribution in [0.3, 0.4) is 0 Å². The number of likely N-dealkylation sites (tertiary alicyclic amines) is 1. The van der Waals surface area contributed by atoms with Crippen LogP contribution in [0.1, 0.15) is 57.8 Å². The number of nitrogens with one attached hydrogen (secondary N) is 1. The highest BCUT2D eigenvalue weighted by molar-refractivity contribution is 5.74. The van der Waals surface area contributed by atoms with Crippen molar-refractivity contribution in [3.05, 3.63) is 0 Å². The summed E-state index contributed by atoms with van der Waals surface area (Å²) in [7, 11) is 0. The topological polar surface area (TPSA) is 50.8 Å². The van der Waals surface area contributed by atoms with Gasteiger partial charge in [0.1, 0.15) is 0 Å². The van der Waals surface area contributed by atoms with E-state index >= 15 is 0 Å². The fraction of sp³-hybridized carbons (Fsp3) is 0.938. The normalized spacial score (nSPS) is 27.3. The highest BCUT2D eigenvalue weighted by atomic mass is 16.7. The van der Waals surface area contributed by atoms with Gasteiger partial charge >= 0.3 is 6.03 Å². The number of hydrogen-bond acceptors (Lipinski definition) is 3. The Balaban J connectivity index is 1.44. The molecule has 0 aromatic carbocycles. The third-order valence-corrected chi connectivity index (χ3v) is 5.03. The molecule has 0 atom stereocenters. The van der Waals surface area contributed by atoms with Crippen LogP contribution in [-0.4, -0.2) is 49.1 Å². The number of hydrogen-bond donors (Lipinski definition) is 1. The minimum atomic E-state index is -0.332. The summed E-state index contributed by atoms with van der Waals surface area (Å²) in [5.41, 5.74) is 0. The van der Waals surface area contributed by atoms with Gasteiger partial charge in [-0.1, -0.05) is 19.3 Å². The summed E-state index contributed by atoms with van der Waals surface area (Å²) in [5, 5.41) is 3.22. The van der Waals surface area contributed by atoms with Crippen LogP contribution in [0.4, 0.5) is 4.79 Å². The number of amides is 2. The van der Waals surface area contributed by atoms with Crippen molar-refractivity contribution in [2.75, 3.05) is 26.3 Å². The van der Waals surface area contributed by atoms with E-state index in [1.54, 1.807) is 0 Å². The summed E-state index contributed by atoms with van der Waals surface area (Å²) >= 11 is 0. The molecule has 0 radical (unpaired) electrons. The lowest BCUT2D eigenvalue weighted by Crippen LogP contribution is -2.49. The standard InChI is InChI=1S/C16H28N2O3/c19-15(18-10-4-2-1-3-5-11-18)17-14-6-8-16(9-7-14)20-12-13-21-16/h14H,1-13H2,(H,17,19). The number of ether oxygens (including phenoxy) is 2. The van der Waals surface area contributed by atoms with Gasteiger partial charge in [0.05, 0.1) is 13.2 Å². The first-order valence-electron chi connectivity index (χ1n) is 8.61. The second-order valence-electron chi connectivity index (χ2n) is 6.59. The molecular weight excluding hydrogens is 268 g/mol. The lowest BCUT2D eigenvalue weighted by molar-refractivity contribution is -0.179. The molecule has 5 nitrogen and oxygen atoms in total. The third kappa shape index (κ3) is 3.89. The second kappa shape index (κ2) is 6.97. The molecule has 0 unspecified atom stereocenters. The summed E-state index contributed by atoms with van der Waals surface area (Å²) in [5.74, 6) is -0.332. The van der Waals surface area contributed by atoms with Gasteiger partial charge in [0.2, 0.25) is 0 Å². The van der Waals surface area contributed by atoms with E-state index in [-0.39, 0.29) is 17.9 Å². The van der Waals surface area contributed by atoms with Crippen molar-refractivity contribution in [3.63, 3.8) is 0 Å². The maximum absolute atomic E-state index is 12.4. The first-order valence-corrected chi connectivity index (χ1v) is 8.61. The zero-order chi connectivity index (χ0) is 14.5. The maximum atomic E-state index is 12.4. The van der Waals surface area contributed by atoms with Crippen molar-refractivity contribution < 1.29 is 14.3 Å². The van der Waals surface area contributed by atoms with Crippen molar-refractivity contribution in [1.82, 2.24) is 10.2 Å². The number of carbonyl (C=O) groups is 1. The zero-order valence-electron chi connectivity index (χ0n) is 12.9. The van der Waals surface area contributed by atoms with Gasteiger partial charge in [0.25, 0.3) is 0 Å². The zero-order valence-corrected chi connectivity index (χ0v) is 12.9. The minimum Gasteiger partial charge on any atom is -0.348 e. The SMILES string of the molecule is O=C(NC1CCC2(CC1)OCCO2)N1CCCCCCC1. The Bertz CT molecular complexity index is 337. The molecule has 2 heterocycles. The van der Waals surface area contributed by atoms with E-state index < -0.39 is 0 Å². The predicted molar refractivity (Wildman–Crippen MR) is 80.1 cm³/mol. The Morgan fingerprint density at radius 3 is 2.14 bits per heavy atom. The molecule has 120 valence electrons. The molecule has 2 saturated heterocycles. The number of urea groups is 1. The molecule has 1 N–H and O–H groups in total. The van der Waals surface area contributed by atoms with Crippen LogP contribution in [-0.2, 0) is 9.47 Å². The van der Waals surface area contributed by atoms with E-state index in [4.69, 9.17) is 9.47 Å². The minimum absolute atomic E-state index is 0.131. The van der Waals surface area contributed by atoms with Crippen molar-refractivity contribution in [1.29, 1.82) is 0 Å².